The molecule has 1 aliphatic heterocycles. The second-order valence-corrected chi connectivity index (χ2v) is 6.35. The molecule has 0 saturated carbocycles. The Morgan fingerprint density at radius 2 is 1.74 bits per heavy atom. The first-order valence-corrected chi connectivity index (χ1v) is 8.12. The van der Waals surface area contributed by atoms with Crippen molar-refractivity contribution in [2.24, 2.45) is 5.92 Å². The highest BCUT2D eigenvalue weighted by Gasteiger charge is 2.25. The van der Waals surface area contributed by atoms with Crippen molar-refractivity contribution >= 4 is 11.8 Å². The molecule has 1 heterocycles. The quantitative estimate of drug-likeness (QED) is 0.851. The Kier molecular flexibility index (Phi) is 5.64. The van der Waals surface area contributed by atoms with E-state index in [1.165, 1.54) is 0 Å². The minimum atomic E-state index is 0.00815. The molecule has 0 spiro atoms. The molecule has 5 nitrogen and oxygen atoms in total. The molecule has 0 unspecified atom stereocenters. The van der Waals surface area contributed by atoms with E-state index >= 15 is 0 Å². The summed E-state index contributed by atoms with van der Waals surface area (Å²) in [6, 6.07) is 5.87. The molecule has 0 atom stereocenters. The lowest BCUT2D eigenvalue weighted by atomic mass is 10.1. The average molecular weight is 318 g/mol. The number of hydrogen-bond acceptors (Lipinski definition) is 3. The van der Waals surface area contributed by atoms with E-state index in [1.54, 1.807) is 7.11 Å². The number of benzene rings is 1. The summed E-state index contributed by atoms with van der Waals surface area (Å²) >= 11 is 0. The zero-order valence-corrected chi connectivity index (χ0v) is 14.5. The lowest BCUT2D eigenvalue weighted by Gasteiger charge is -2.35. The van der Waals surface area contributed by atoms with Gasteiger partial charge in [-0.05, 0) is 13.0 Å². The molecular formula is C18H26N2O3. The summed E-state index contributed by atoms with van der Waals surface area (Å²) in [5.74, 6) is 1.01. The Morgan fingerprint density at radius 3 is 2.30 bits per heavy atom. The second kappa shape index (κ2) is 7.49. The average Bonchev–Trinajstić information content (AvgIpc) is 2.54. The highest BCUT2D eigenvalue weighted by molar-refractivity contribution is 5.81. The summed E-state index contributed by atoms with van der Waals surface area (Å²) in [5.41, 5.74) is 2.03. The van der Waals surface area contributed by atoms with Crippen LogP contribution in [0.3, 0.4) is 0 Å². The van der Waals surface area contributed by atoms with Gasteiger partial charge in [-0.2, -0.15) is 0 Å². The SMILES string of the molecule is COc1ccc(C)cc1CC(=O)N1CCN(C(=O)C(C)C)CC1. The van der Waals surface area contributed by atoms with E-state index in [0.717, 1.165) is 16.9 Å². The van der Waals surface area contributed by atoms with E-state index in [2.05, 4.69) is 0 Å². The molecule has 1 saturated heterocycles. The third-order valence-electron chi connectivity index (χ3n) is 4.22. The van der Waals surface area contributed by atoms with Crippen LogP contribution in [0.25, 0.3) is 0 Å². The number of carbonyl (C=O) groups is 2. The fourth-order valence-electron chi connectivity index (χ4n) is 2.86. The minimum absolute atomic E-state index is 0.00815. The number of carbonyl (C=O) groups excluding carboxylic acids is 2. The maximum Gasteiger partial charge on any atom is 0.227 e. The van der Waals surface area contributed by atoms with Crippen molar-refractivity contribution < 1.29 is 14.3 Å². The van der Waals surface area contributed by atoms with Crippen molar-refractivity contribution in [2.45, 2.75) is 27.2 Å². The van der Waals surface area contributed by atoms with Crippen LogP contribution in [-0.2, 0) is 16.0 Å². The van der Waals surface area contributed by atoms with E-state index < -0.39 is 0 Å². The van der Waals surface area contributed by atoms with Crippen LogP contribution in [-0.4, -0.2) is 54.9 Å². The molecule has 0 radical (unpaired) electrons. The van der Waals surface area contributed by atoms with Gasteiger partial charge in [0.2, 0.25) is 11.8 Å². The molecule has 2 amide bonds. The van der Waals surface area contributed by atoms with Crippen LogP contribution in [0.4, 0.5) is 0 Å². The van der Waals surface area contributed by atoms with Crippen LogP contribution < -0.4 is 4.74 Å². The Hall–Kier alpha value is -2.04. The monoisotopic (exact) mass is 318 g/mol. The molecule has 1 aliphatic rings. The predicted octanol–water partition coefficient (Wildman–Crippen LogP) is 1.87. The topological polar surface area (TPSA) is 49.9 Å². The largest absolute Gasteiger partial charge is 0.496 e. The third kappa shape index (κ3) is 4.24. The third-order valence-corrected chi connectivity index (χ3v) is 4.22. The number of piperazine rings is 1. The molecule has 1 fully saturated rings. The molecule has 0 aromatic heterocycles. The van der Waals surface area contributed by atoms with Gasteiger partial charge in [-0.3, -0.25) is 9.59 Å². The number of methoxy groups -OCH3 is 1. The van der Waals surface area contributed by atoms with Crippen molar-refractivity contribution in [3.63, 3.8) is 0 Å². The van der Waals surface area contributed by atoms with E-state index in [-0.39, 0.29) is 17.7 Å². The normalized spacial score (nSPS) is 15.0. The molecule has 0 aliphatic carbocycles. The summed E-state index contributed by atoms with van der Waals surface area (Å²) in [6.07, 6.45) is 0.336. The van der Waals surface area contributed by atoms with Crippen LogP contribution in [0.5, 0.6) is 5.75 Å². The standard InChI is InChI=1S/C18H26N2O3/c1-13(2)18(22)20-9-7-19(8-10-20)17(21)12-15-11-14(3)5-6-16(15)23-4/h5-6,11,13H,7-10,12H2,1-4H3. The van der Waals surface area contributed by atoms with E-state index in [4.69, 9.17) is 4.74 Å². The smallest absolute Gasteiger partial charge is 0.227 e. The molecule has 0 bridgehead atoms. The Labute approximate surface area is 138 Å². The molecule has 2 rings (SSSR count). The zero-order chi connectivity index (χ0) is 17.0. The van der Waals surface area contributed by atoms with E-state index in [1.807, 2.05) is 48.8 Å². The number of rotatable bonds is 4. The van der Waals surface area contributed by atoms with E-state index in [9.17, 15) is 9.59 Å². The van der Waals surface area contributed by atoms with Crippen LogP contribution >= 0.6 is 0 Å². The summed E-state index contributed by atoms with van der Waals surface area (Å²) in [7, 11) is 1.62. The van der Waals surface area contributed by atoms with Crippen LogP contribution in [0, 0.1) is 12.8 Å². The lowest BCUT2D eigenvalue weighted by Crippen LogP contribution is -2.51. The number of amides is 2. The van der Waals surface area contributed by atoms with Gasteiger partial charge in [-0.15, -0.1) is 0 Å². The minimum Gasteiger partial charge on any atom is -0.496 e. The Balaban J connectivity index is 1.96. The highest BCUT2D eigenvalue weighted by atomic mass is 16.5. The lowest BCUT2D eigenvalue weighted by molar-refractivity contribution is -0.141. The predicted molar refractivity (Wildman–Crippen MR) is 89.4 cm³/mol. The molecule has 1 aromatic rings. The van der Waals surface area contributed by atoms with Gasteiger partial charge in [0, 0.05) is 37.7 Å². The molecule has 0 N–H and O–H groups in total. The van der Waals surface area contributed by atoms with Gasteiger partial charge in [0.25, 0.3) is 0 Å². The number of hydrogen-bond donors (Lipinski definition) is 0. The Bertz CT molecular complexity index is 576. The summed E-state index contributed by atoms with van der Waals surface area (Å²) in [5, 5.41) is 0. The second-order valence-electron chi connectivity index (χ2n) is 6.35. The molecule has 1 aromatic carbocycles. The maximum absolute atomic E-state index is 12.5. The first-order valence-electron chi connectivity index (χ1n) is 8.12. The maximum atomic E-state index is 12.5. The fraction of sp³-hybridized carbons (Fsp3) is 0.556. The summed E-state index contributed by atoms with van der Waals surface area (Å²) in [6.45, 7) is 8.26. The van der Waals surface area contributed by atoms with Gasteiger partial charge in [0.05, 0.1) is 13.5 Å². The zero-order valence-electron chi connectivity index (χ0n) is 14.5. The van der Waals surface area contributed by atoms with Crippen LogP contribution in [0.2, 0.25) is 0 Å². The number of aryl methyl sites for hydroxylation is 1. The van der Waals surface area contributed by atoms with Crippen molar-refractivity contribution in [3.8, 4) is 5.75 Å². The first kappa shape index (κ1) is 17.3. The fourth-order valence-corrected chi connectivity index (χ4v) is 2.86. The molecular weight excluding hydrogens is 292 g/mol. The van der Waals surface area contributed by atoms with Gasteiger partial charge in [-0.25, -0.2) is 0 Å². The summed E-state index contributed by atoms with van der Waals surface area (Å²) in [4.78, 5) is 28.2. The van der Waals surface area contributed by atoms with Gasteiger partial charge in [0.15, 0.2) is 0 Å². The first-order chi connectivity index (χ1) is 10.9. The molecule has 126 valence electrons. The van der Waals surface area contributed by atoms with Gasteiger partial charge in [-0.1, -0.05) is 31.5 Å². The van der Waals surface area contributed by atoms with Gasteiger partial charge < -0.3 is 14.5 Å². The number of ether oxygens (including phenoxy) is 1. The van der Waals surface area contributed by atoms with Gasteiger partial charge >= 0.3 is 0 Å². The van der Waals surface area contributed by atoms with E-state index in [0.29, 0.717) is 32.6 Å². The highest BCUT2D eigenvalue weighted by Crippen LogP contribution is 2.21. The van der Waals surface area contributed by atoms with Gasteiger partial charge in [0.1, 0.15) is 5.75 Å². The Morgan fingerprint density at radius 1 is 1.13 bits per heavy atom. The number of nitrogens with zero attached hydrogens (tertiary/aromatic N) is 2. The van der Waals surface area contributed by atoms with Crippen molar-refractivity contribution in [1.29, 1.82) is 0 Å². The van der Waals surface area contributed by atoms with Crippen molar-refractivity contribution in [3.05, 3.63) is 29.3 Å². The van der Waals surface area contributed by atoms with Crippen LogP contribution in [0.15, 0.2) is 18.2 Å². The van der Waals surface area contributed by atoms with Crippen molar-refractivity contribution in [1.82, 2.24) is 9.80 Å². The summed E-state index contributed by atoms with van der Waals surface area (Å²) < 4.78 is 5.34. The molecule has 23 heavy (non-hydrogen) atoms. The van der Waals surface area contributed by atoms with Crippen LogP contribution in [0.1, 0.15) is 25.0 Å². The molecule has 5 heteroatoms. The van der Waals surface area contributed by atoms with Crippen molar-refractivity contribution in [2.75, 3.05) is 33.3 Å².